The number of Topliss-reactive ketones (excluding diaryl/α,β-unsaturated/α-hetero) is 1. The Hall–Kier alpha value is -0.970. The quantitative estimate of drug-likeness (QED) is 0.719. The molecule has 1 aliphatic heterocycles. The van der Waals surface area contributed by atoms with Crippen molar-refractivity contribution in [3.05, 3.63) is 22.8 Å². The fourth-order valence-corrected chi connectivity index (χ4v) is 7.47. The molecule has 5 aliphatic rings. The van der Waals surface area contributed by atoms with Crippen molar-refractivity contribution in [2.24, 2.45) is 29.1 Å². The number of ketones is 1. The standard InChI is InChI=1S/C24H34O4/c1-15(25)21-6-7-22-19-5-4-16-13-24(27-10-11-28-24)17(14-26-3)12-20(16)18(19)8-9-23(21,22)2/h8,17,19,21-22H,4-7,9-14H2,1-3H3/t17?,19-,21-,22+,23-/m1/s1. The summed E-state index contributed by atoms with van der Waals surface area (Å²) in [6, 6.07) is 0. The van der Waals surface area contributed by atoms with Crippen LogP contribution in [0.25, 0.3) is 0 Å². The Kier molecular flexibility index (Phi) is 4.61. The molecular formula is C24H34O4. The zero-order valence-electron chi connectivity index (χ0n) is 17.6. The van der Waals surface area contributed by atoms with E-state index < -0.39 is 5.79 Å². The van der Waals surface area contributed by atoms with Crippen LogP contribution in [0, 0.1) is 29.1 Å². The zero-order valence-corrected chi connectivity index (χ0v) is 17.6. The van der Waals surface area contributed by atoms with Crippen molar-refractivity contribution in [1.82, 2.24) is 0 Å². The third-order valence-corrected chi connectivity index (χ3v) is 8.76. The molecule has 1 saturated carbocycles. The van der Waals surface area contributed by atoms with Gasteiger partial charge in [0.15, 0.2) is 5.79 Å². The predicted molar refractivity (Wildman–Crippen MR) is 107 cm³/mol. The maximum absolute atomic E-state index is 12.3. The van der Waals surface area contributed by atoms with Gasteiger partial charge >= 0.3 is 0 Å². The smallest absolute Gasteiger partial charge is 0.177 e. The molecular weight excluding hydrogens is 352 g/mol. The summed E-state index contributed by atoms with van der Waals surface area (Å²) in [7, 11) is 1.78. The molecule has 0 amide bonds. The Morgan fingerprint density at radius 1 is 1.25 bits per heavy atom. The molecule has 1 heterocycles. The summed E-state index contributed by atoms with van der Waals surface area (Å²) in [5.74, 6) is 1.74. The van der Waals surface area contributed by atoms with E-state index in [1.807, 2.05) is 0 Å². The van der Waals surface area contributed by atoms with Crippen molar-refractivity contribution in [3.63, 3.8) is 0 Å². The molecule has 154 valence electrons. The second-order valence-electron chi connectivity index (χ2n) is 9.99. The number of carbonyl (C=O) groups excluding carboxylic acids is 1. The molecule has 0 bridgehead atoms. The second-order valence-corrected chi connectivity index (χ2v) is 9.99. The van der Waals surface area contributed by atoms with Gasteiger partial charge in [0.1, 0.15) is 5.78 Å². The van der Waals surface area contributed by atoms with Crippen LogP contribution in [-0.2, 0) is 19.0 Å². The first-order valence-corrected chi connectivity index (χ1v) is 11.2. The molecule has 28 heavy (non-hydrogen) atoms. The van der Waals surface area contributed by atoms with Crippen molar-refractivity contribution in [2.75, 3.05) is 26.9 Å². The maximum Gasteiger partial charge on any atom is 0.177 e. The first kappa shape index (κ1) is 19.0. The van der Waals surface area contributed by atoms with Crippen molar-refractivity contribution < 1.29 is 19.0 Å². The SMILES string of the molecule is COCC1CC2=C(CC[C@@H]3C2=CC[C@]2(C)[C@@H](C(C)=O)CC[C@@H]32)CC12OCCO2. The molecule has 1 spiro atoms. The van der Waals surface area contributed by atoms with Crippen LogP contribution in [0.4, 0.5) is 0 Å². The lowest BCUT2D eigenvalue weighted by atomic mass is 9.56. The van der Waals surface area contributed by atoms with Gasteiger partial charge in [0.2, 0.25) is 0 Å². The number of hydrogen-bond donors (Lipinski definition) is 0. The lowest BCUT2D eigenvalue weighted by Gasteiger charge is -2.50. The highest BCUT2D eigenvalue weighted by Gasteiger charge is 2.56. The van der Waals surface area contributed by atoms with Crippen LogP contribution in [0.2, 0.25) is 0 Å². The summed E-state index contributed by atoms with van der Waals surface area (Å²) < 4.78 is 17.9. The average Bonchev–Trinajstić information content (AvgIpc) is 3.27. The first-order valence-electron chi connectivity index (χ1n) is 11.2. The Labute approximate surface area is 168 Å². The zero-order chi connectivity index (χ0) is 19.5. The van der Waals surface area contributed by atoms with E-state index in [9.17, 15) is 4.79 Å². The lowest BCUT2D eigenvalue weighted by molar-refractivity contribution is -0.208. The maximum atomic E-state index is 12.3. The lowest BCUT2D eigenvalue weighted by Crippen LogP contribution is -2.47. The number of methoxy groups -OCH3 is 1. The predicted octanol–water partition coefficient (Wildman–Crippen LogP) is 4.44. The van der Waals surface area contributed by atoms with E-state index in [1.54, 1.807) is 30.8 Å². The van der Waals surface area contributed by atoms with Crippen molar-refractivity contribution in [1.29, 1.82) is 0 Å². The number of carbonyl (C=O) groups is 1. The van der Waals surface area contributed by atoms with Crippen LogP contribution >= 0.6 is 0 Å². The summed E-state index contributed by atoms with van der Waals surface area (Å²) in [5, 5.41) is 0. The third kappa shape index (κ3) is 2.64. The van der Waals surface area contributed by atoms with Gasteiger partial charge in [0.25, 0.3) is 0 Å². The van der Waals surface area contributed by atoms with Gasteiger partial charge in [-0.15, -0.1) is 0 Å². The van der Waals surface area contributed by atoms with Crippen molar-refractivity contribution in [3.8, 4) is 0 Å². The first-order chi connectivity index (χ1) is 13.5. The Balaban J connectivity index is 1.48. The highest BCUT2D eigenvalue weighted by atomic mass is 16.7. The summed E-state index contributed by atoms with van der Waals surface area (Å²) >= 11 is 0. The summed E-state index contributed by atoms with van der Waals surface area (Å²) in [6.45, 7) is 6.26. The molecule has 2 fully saturated rings. The molecule has 0 radical (unpaired) electrons. The van der Waals surface area contributed by atoms with Crippen LogP contribution in [0.3, 0.4) is 0 Å². The van der Waals surface area contributed by atoms with E-state index in [4.69, 9.17) is 14.2 Å². The minimum Gasteiger partial charge on any atom is -0.384 e. The summed E-state index contributed by atoms with van der Waals surface area (Å²) in [6.07, 6.45) is 10.1. The average molecular weight is 387 g/mol. The third-order valence-electron chi connectivity index (χ3n) is 8.76. The summed E-state index contributed by atoms with van der Waals surface area (Å²) in [5.41, 5.74) is 4.90. The van der Waals surface area contributed by atoms with Gasteiger partial charge in [0.05, 0.1) is 19.8 Å². The molecule has 0 aromatic carbocycles. The number of ether oxygens (including phenoxy) is 3. The molecule has 0 aromatic heterocycles. The number of hydrogen-bond acceptors (Lipinski definition) is 4. The highest BCUT2D eigenvalue weighted by molar-refractivity contribution is 5.79. The van der Waals surface area contributed by atoms with Crippen LogP contribution < -0.4 is 0 Å². The Morgan fingerprint density at radius 2 is 2.04 bits per heavy atom. The van der Waals surface area contributed by atoms with E-state index in [-0.39, 0.29) is 17.3 Å². The molecule has 5 rings (SSSR count). The Bertz CT molecular complexity index is 729. The van der Waals surface area contributed by atoms with Crippen LogP contribution in [0.15, 0.2) is 22.8 Å². The molecule has 1 unspecified atom stereocenters. The molecule has 4 aliphatic carbocycles. The molecule has 5 atom stereocenters. The fraction of sp³-hybridized carbons (Fsp3) is 0.792. The van der Waals surface area contributed by atoms with Crippen LogP contribution in [-0.4, -0.2) is 38.5 Å². The number of rotatable bonds is 3. The molecule has 0 N–H and O–H groups in total. The monoisotopic (exact) mass is 386 g/mol. The van der Waals surface area contributed by atoms with E-state index >= 15 is 0 Å². The fourth-order valence-electron chi connectivity index (χ4n) is 7.47. The van der Waals surface area contributed by atoms with Gasteiger partial charge in [-0.3, -0.25) is 4.79 Å². The summed E-state index contributed by atoms with van der Waals surface area (Å²) in [4.78, 5) is 12.3. The van der Waals surface area contributed by atoms with Gasteiger partial charge in [-0.2, -0.15) is 0 Å². The van der Waals surface area contributed by atoms with E-state index in [0.717, 1.165) is 32.1 Å². The van der Waals surface area contributed by atoms with E-state index in [1.165, 1.54) is 12.8 Å². The van der Waals surface area contributed by atoms with Gasteiger partial charge in [-0.1, -0.05) is 18.6 Å². The van der Waals surface area contributed by atoms with Gasteiger partial charge < -0.3 is 14.2 Å². The largest absolute Gasteiger partial charge is 0.384 e. The van der Waals surface area contributed by atoms with Crippen LogP contribution in [0.1, 0.15) is 58.8 Å². The van der Waals surface area contributed by atoms with Gasteiger partial charge in [0, 0.05) is 25.4 Å². The molecule has 0 aromatic rings. The number of fused-ring (bicyclic) bond motifs is 4. The highest BCUT2D eigenvalue weighted by Crippen LogP contribution is 2.62. The minimum absolute atomic E-state index is 0.164. The Morgan fingerprint density at radius 3 is 2.75 bits per heavy atom. The second kappa shape index (κ2) is 6.78. The molecule has 4 nitrogen and oxygen atoms in total. The van der Waals surface area contributed by atoms with Crippen molar-refractivity contribution in [2.45, 2.75) is 64.6 Å². The topological polar surface area (TPSA) is 44.8 Å². The normalized spacial score (nSPS) is 41.5. The van der Waals surface area contributed by atoms with Gasteiger partial charge in [-0.25, -0.2) is 0 Å². The van der Waals surface area contributed by atoms with E-state index in [2.05, 4.69) is 13.0 Å². The molecule has 4 heteroatoms. The van der Waals surface area contributed by atoms with E-state index in [0.29, 0.717) is 37.4 Å². The molecule has 1 saturated heterocycles. The van der Waals surface area contributed by atoms with Gasteiger partial charge in [-0.05, 0) is 73.8 Å². The van der Waals surface area contributed by atoms with Crippen molar-refractivity contribution >= 4 is 5.78 Å². The minimum atomic E-state index is -0.460. The van der Waals surface area contributed by atoms with Crippen LogP contribution in [0.5, 0.6) is 0 Å². The number of allylic oxidation sites excluding steroid dienone is 3.